The molecule has 1 fully saturated rings. The second kappa shape index (κ2) is 7.11. The predicted octanol–water partition coefficient (Wildman–Crippen LogP) is 2.35. The van der Waals surface area contributed by atoms with Gasteiger partial charge in [0.1, 0.15) is 0 Å². The molecule has 0 aliphatic carbocycles. The molecular weight excluding hydrogens is 268 g/mol. The van der Waals surface area contributed by atoms with Crippen LogP contribution in [-0.4, -0.2) is 42.6 Å². The van der Waals surface area contributed by atoms with Gasteiger partial charge in [0.15, 0.2) is 0 Å². The van der Waals surface area contributed by atoms with Crippen molar-refractivity contribution in [3.63, 3.8) is 0 Å². The van der Waals surface area contributed by atoms with Gasteiger partial charge in [-0.1, -0.05) is 18.2 Å². The molecule has 1 aliphatic heterocycles. The molecule has 1 saturated heterocycles. The highest BCUT2D eigenvalue weighted by Gasteiger charge is 2.24. The number of rotatable bonds is 3. The maximum Gasteiger partial charge on any atom is 0.409 e. The molecule has 1 aromatic rings. The van der Waals surface area contributed by atoms with Crippen LogP contribution in [-0.2, 0) is 4.74 Å². The molecule has 0 radical (unpaired) electrons. The number of piperidine rings is 1. The summed E-state index contributed by atoms with van der Waals surface area (Å²) in [5, 5.41) is 3.05. The minimum Gasteiger partial charge on any atom is -0.450 e. The molecule has 2 rings (SSSR count). The van der Waals surface area contributed by atoms with Crippen LogP contribution in [0.15, 0.2) is 24.3 Å². The number of hydrogen-bond donors (Lipinski definition) is 1. The molecule has 1 N–H and O–H groups in total. The fraction of sp³-hybridized carbons (Fsp3) is 0.500. The van der Waals surface area contributed by atoms with E-state index in [0.717, 1.165) is 18.4 Å². The van der Waals surface area contributed by atoms with Crippen LogP contribution in [0.3, 0.4) is 0 Å². The summed E-state index contributed by atoms with van der Waals surface area (Å²) < 4.78 is 4.98. The maximum atomic E-state index is 12.2. The van der Waals surface area contributed by atoms with Gasteiger partial charge in [0.25, 0.3) is 5.91 Å². The molecule has 5 heteroatoms. The molecule has 2 amide bonds. The number of nitrogens with one attached hydrogen (secondary N) is 1. The fourth-order valence-electron chi connectivity index (χ4n) is 2.51. The number of carbonyl (C=O) groups is 2. The van der Waals surface area contributed by atoms with Crippen LogP contribution < -0.4 is 5.32 Å². The predicted molar refractivity (Wildman–Crippen MR) is 80.3 cm³/mol. The van der Waals surface area contributed by atoms with Gasteiger partial charge in [0.2, 0.25) is 0 Å². The lowest BCUT2D eigenvalue weighted by molar-refractivity contribution is 0.0859. The van der Waals surface area contributed by atoms with Gasteiger partial charge in [-0.25, -0.2) is 4.79 Å². The zero-order valence-electron chi connectivity index (χ0n) is 12.6. The highest BCUT2D eigenvalue weighted by molar-refractivity contribution is 5.95. The average Bonchev–Trinajstić information content (AvgIpc) is 2.48. The highest BCUT2D eigenvalue weighted by Crippen LogP contribution is 2.13. The number of ether oxygens (including phenoxy) is 1. The van der Waals surface area contributed by atoms with Gasteiger partial charge in [-0.15, -0.1) is 0 Å². The molecule has 0 unspecified atom stereocenters. The molecule has 0 atom stereocenters. The van der Waals surface area contributed by atoms with E-state index >= 15 is 0 Å². The number of hydrogen-bond acceptors (Lipinski definition) is 3. The van der Waals surface area contributed by atoms with Crippen molar-refractivity contribution in [2.75, 3.05) is 19.7 Å². The number of nitrogens with zero attached hydrogens (tertiary/aromatic N) is 1. The van der Waals surface area contributed by atoms with Crippen LogP contribution in [0, 0.1) is 6.92 Å². The van der Waals surface area contributed by atoms with Crippen molar-refractivity contribution in [3.8, 4) is 0 Å². The van der Waals surface area contributed by atoms with Crippen LogP contribution in [0.25, 0.3) is 0 Å². The molecule has 1 heterocycles. The van der Waals surface area contributed by atoms with E-state index in [1.807, 2.05) is 31.2 Å². The Kier molecular flexibility index (Phi) is 5.20. The first-order valence-electron chi connectivity index (χ1n) is 7.40. The largest absolute Gasteiger partial charge is 0.450 e. The SMILES string of the molecule is CCOC(=O)N1CCC(NC(=O)c2ccccc2C)CC1. The summed E-state index contributed by atoms with van der Waals surface area (Å²) in [5.41, 5.74) is 1.68. The molecular formula is C16H22N2O3. The number of carbonyl (C=O) groups excluding carboxylic acids is 2. The third kappa shape index (κ3) is 3.97. The Balaban J connectivity index is 1.85. The van der Waals surface area contributed by atoms with E-state index < -0.39 is 0 Å². The van der Waals surface area contributed by atoms with Gasteiger partial charge in [-0.3, -0.25) is 4.79 Å². The van der Waals surface area contributed by atoms with E-state index in [2.05, 4.69) is 5.32 Å². The van der Waals surface area contributed by atoms with Gasteiger partial charge in [-0.05, 0) is 38.3 Å². The molecule has 1 aliphatic rings. The van der Waals surface area contributed by atoms with Crippen LogP contribution in [0.5, 0.6) is 0 Å². The van der Waals surface area contributed by atoms with Gasteiger partial charge in [-0.2, -0.15) is 0 Å². The van der Waals surface area contributed by atoms with E-state index in [0.29, 0.717) is 25.3 Å². The lowest BCUT2D eigenvalue weighted by Crippen LogP contribution is -2.46. The second-order valence-corrected chi connectivity index (χ2v) is 5.25. The number of benzene rings is 1. The topological polar surface area (TPSA) is 58.6 Å². The van der Waals surface area contributed by atoms with Gasteiger partial charge in [0.05, 0.1) is 6.61 Å². The third-order valence-electron chi connectivity index (χ3n) is 3.75. The summed E-state index contributed by atoms with van der Waals surface area (Å²) in [5.74, 6) is -0.0392. The summed E-state index contributed by atoms with van der Waals surface area (Å²) in [7, 11) is 0. The maximum absolute atomic E-state index is 12.2. The van der Waals surface area contributed by atoms with E-state index in [1.54, 1.807) is 11.8 Å². The first-order valence-corrected chi connectivity index (χ1v) is 7.40. The monoisotopic (exact) mass is 290 g/mol. The molecule has 114 valence electrons. The highest BCUT2D eigenvalue weighted by atomic mass is 16.6. The van der Waals surface area contributed by atoms with Crippen LogP contribution in [0.4, 0.5) is 4.79 Å². The standard InChI is InChI=1S/C16H22N2O3/c1-3-21-16(20)18-10-8-13(9-11-18)17-15(19)14-7-5-4-6-12(14)2/h4-7,13H,3,8-11H2,1-2H3,(H,17,19). The van der Waals surface area contributed by atoms with E-state index in [9.17, 15) is 9.59 Å². The number of amides is 2. The van der Waals surface area contributed by atoms with E-state index in [1.165, 1.54) is 0 Å². The molecule has 1 aromatic carbocycles. The van der Waals surface area contributed by atoms with Crippen molar-refractivity contribution >= 4 is 12.0 Å². The fourth-order valence-corrected chi connectivity index (χ4v) is 2.51. The summed E-state index contributed by atoms with van der Waals surface area (Å²) in [6.45, 7) is 5.36. The van der Waals surface area contributed by atoms with Crippen LogP contribution >= 0.6 is 0 Å². The van der Waals surface area contributed by atoms with Crippen molar-refractivity contribution in [1.82, 2.24) is 10.2 Å². The molecule has 0 saturated carbocycles. The normalized spacial score (nSPS) is 15.6. The second-order valence-electron chi connectivity index (χ2n) is 5.25. The number of likely N-dealkylation sites (tertiary alicyclic amines) is 1. The lowest BCUT2D eigenvalue weighted by Gasteiger charge is -2.31. The van der Waals surface area contributed by atoms with Gasteiger partial charge < -0.3 is 15.0 Å². The van der Waals surface area contributed by atoms with E-state index in [-0.39, 0.29) is 18.0 Å². The summed E-state index contributed by atoms with van der Waals surface area (Å²) >= 11 is 0. The van der Waals surface area contributed by atoms with Crippen molar-refractivity contribution in [3.05, 3.63) is 35.4 Å². The van der Waals surface area contributed by atoms with Crippen molar-refractivity contribution in [2.45, 2.75) is 32.7 Å². The summed E-state index contributed by atoms with van der Waals surface area (Å²) in [4.78, 5) is 25.5. The Labute approximate surface area is 125 Å². The molecule has 0 bridgehead atoms. The van der Waals surface area contributed by atoms with Crippen molar-refractivity contribution in [2.24, 2.45) is 0 Å². The Morgan fingerprint density at radius 3 is 2.57 bits per heavy atom. The Morgan fingerprint density at radius 2 is 1.95 bits per heavy atom. The van der Waals surface area contributed by atoms with Crippen molar-refractivity contribution < 1.29 is 14.3 Å². The minimum absolute atomic E-state index is 0.0392. The first kappa shape index (κ1) is 15.4. The van der Waals surface area contributed by atoms with Crippen LogP contribution in [0.1, 0.15) is 35.7 Å². The first-order chi connectivity index (χ1) is 10.1. The smallest absolute Gasteiger partial charge is 0.409 e. The number of aryl methyl sites for hydroxylation is 1. The Morgan fingerprint density at radius 1 is 1.29 bits per heavy atom. The summed E-state index contributed by atoms with van der Waals surface area (Å²) in [6, 6.07) is 7.66. The Bertz CT molecular complexity index is 508. The molecule has 21 heavy (non-hydrogen) atoms. The quantitative estimate of drug-likeness (QED) is 0.929. The summed E-state index contributed by atoms with van der Waals surface area (Å²) in [6.07, 6.45) is 1.26. The molecule has 5 nitrogen and oxygen atoms in total. The minimum atomic E-state index is -0.263. The van der Waals surface area contributed by atoms with Crippen molar-refractivity contribution in [1.29, 1.82) is 0 Å². The van der Waals surface area contributed by atoms with Crippen LogP contribution in [0.2, 0.25) is 0 Å². The van der Waals surface area contributed by atoms with Gasteiger partial charge in [0, 0.05) is 24.7 Å². The van der Waals surface area contributed by atoms with Gasteiger partial charge >= 0.3 is 6.09 Å². The Hall–Kier alpha value is -2.04. The average molecular weight is 290 g/mol. The lowest BCUT2D eigenvalue weighted by atomic mass is 10.0. The third-order valence-corrected chi connectivity index (χ3v) is 3.75. The van der Waals surface area contributed by atoms with E-state index in [4.69, 9.17) is 4.74 Å². The zero-order chi connectivity index (χ0) is 15.2. The molecule has 0 spiro atoms. The zero-order valence-corrected chi connectivity index (χ0v) is 12.6. The molecule has 0 aromatic heterocycles.